The van der Waals surface area contributed by atoms with Crippen LogP contribution in [0.3, 0.4) is 0 Å². The lowest BCUT2D eigenvalue weighted by atomic mass is 9.74. The molecule has 20 unspecified atom stereocenters. The van der Waals surface area contributed by atoms with Crippen LogP contribution in [0.15, 0.2) is 60.8 Å². The highest BCUT2D eigenvalue weighted by atomic mass is 16.2. The molecule has 10 bridgehead atoms. The summed E-state index contributed by atoms with van der Waals surface area (Å²) in [5, 5.41) is 0. The number of piperidine rings is 3. The zero-order valence-corrected chi connectivity index (χ0v) is 74.3. The van der Waals surface area contributed by atoms with Gasteiger partial charge >= 0.3 is 0 Å². The lowest BCUT2D eigenvalue weighted by molar-refractivity contribution is -0.134. The van der Waals surface area contributed by atoms with E-state index < -0.39 is 0 Å². The zero-order valence-electron chi connectivity index (χ0n) is 74.3. The Hall–Kier alpha value is -5.33. The Morgan fingerprint density at radius 1 is 0.231 bits per heavy atom. The van der Waals surface area contributed by atoms with Gasteiger partial charge in [0.2, 0.25) is 5.91 Å². The summed E-state index contributed by atoms with van der Waals surface area (Å²) in [4.78, 5) is 153. The molecule has 0 aromatic heterocycles. The second-order valence-electron chi connectivity index (χ2n) is 40.2. The zero-order chi connectivity index (χ0) is 83.7. The largest absolute Gasteiger partial charge is 0.340 e. The Labute approximate surface area is 705 Å². The normalized spacial score (nSPS) is 33.0. The second-order valence-corrected chi connectivity index (χ2v) is 40.2. The Morgan fingerprint density at radius 2 is 0.393 bits per heavy atom. The molecule has 0 spiro atoms. The van der Waals surface area contributed by atoms with Crippen LogP contribution in [-0.4, -0.2) is 204 Å². The lowest BCUT2D eigenvalue weighted by Crippen LogP contribution is -2.48. The topological polar surface area (TPSA) is 207 Å². The molecule has 0 N–H and O–H groups in total. The average Bonchev–Trinajstić information content (AvgIpc) is 1.64. The predicted molar refractivity (Wildman–Crippen MR) is 464 cm³/mol. The van der Waals surface area contributed by atoms with Crippen LogP contribution < -0.4 is 0 Å². The van der Waals surface area contributed by atoms with Gasteiger partial charge in [-0.25, -0.2) is 0 Å². The lowest BCUT2D eigenvalue weighted by Gasteiger charge is -2.34. The number of rotatable bonds is 35. The van der Waals surface area contributed by atoms with E-state index in [1.165, 1.54) is 123 Å². The number of hydrogen-bond donors (Lipinski definition) is 0. The van der Waals surface area contributed by atoms with Crippen molar-refractivity contribution in [2.45, 2.75) is 243 Å². The second kappa shape index (κ2) is 44.1. The number of likely N-dealkylation sites (tertiary alicyclic amines) is 4. The van der Waals surface area contributed by atoms with Gasteiger partial charge in [-0.2, -0.15) is 0 Å². The first-order valence-corrected chi connectivity index (χ1v) is 47.8. The summed E-state index contributed by atoms with van der Waals surface area (Å²) in [6, 6.07) is 0. The van der Waals surface area contributed by atoms with Gasteiger partial charge in [0.1, 0.15) is 57.8 Å². The SMILES string of the molecule is CC(=O)N1CCN(CCCC(=O)C2C3C=CC(C3)C2C(=O)C(C)C)CC1.CC(C)C(=O)C1C2C=CC(C2)C1C(=O)CCCN1CCCC1.CC(C)C(=O)C1C2C=CC(C2)C1C(=O)CCCN1CCCCC1.CC(C)C(=O)C1C2C=CC(C2)C1C(=O)CCCN1CCCCC1.CC(C)C(=O)C1C2C=CC(C2)C1C(=O)CCCN1CCCCC1. The minimum Gasteiger partial charge on any atom is -0.340 e. The van der Waals surface area contributed by atoms with Crippen molar-refractivity contribution >= 4 is 63.7 Å². The summed E-state index contributed by atoms with van der Waals surface area (Å²) in [7, 11) is 0. The molecule has 5 saturated heterocycles. The fourth-order valence-electron chi connectivity index (χ4n) is 24.2. The van der Waals surface area contributed by atoms with Crippen LogP contribution in [0.5, 0.6) is 0 Å². The maximum Gasteiger partial charge on any atom is 0.219 e. The van der Waals surface area contributed by atoms with E-state index in [0.29, 0.717) is 126 Å². The molecule has 0 aromatic rings. The van der Waals surface area contributed by atoms with Crippen molar-refractivity contribution in [2.75, 3.05) is 111 Å². The molecule has 10 aliphatic carbocycles. The molecule has 5 saturated carbocycles. The number of ketones is 10. The summed E-state index contributed by atoms with van der Waals surface area (Å²) in [6.45, 7) is 39.2. The molecule has 5 aliphatic heterocycles. The highest BCUT2D eigenvalue weighted by Crippen LogP contribution is 2.55. The third-order valence-corrected chi connectivity index (χ3v) is 30.5. The van der Waals surface area contributed by atoms with Crippen molar-refractivity contribution in [3.63, 3.8) is 0 Å². The summed E-state index contributed by atoms with van der Waals surface area (Å²) in [6.07, 6.45) is 49.2. The first kappa shape index (κ1) is 92.4. The molecule has 17 nitrogen and oxygen atoms in total. The van der Waals surface area contributed by atoms with Gasteiger partial charge < -0.3 is 24.5 Å². The summed E-state index contributed by atoms with van der Waals surface area (Å²) in [5.74, 6) is 6.19. The van der Waals surface area contributed by atoms with Gasteiger partial charge in [-0.15, -0.1) is 0 Å². The number of carbonyl (C=O) groups excluding carboxylic acids is 11. The van der Waals surface area contributed by atoms with Crippen LogP contribution in [0, 0.1) is 148 Å². The summed E-state index contributed by atoms with van der Waals surface area (Å²) >= 11 is 0. The molecule has 650 valence electrons. The molecule has 117 heavy (non-hydrogen) atoms. The third-order valence-electron chi connectivity index (χ3n) is 30.5. The molecular weight excluding hydrogens is 1460 g/mol. The highest BCUT2D eigenvalue weighted by Gasteiger charge is 2.56. The number of allylic oxidation sites excluding steroid dienone is 10. The Kier molecular flexibility index (Phi) is 34.8. The molecule has 17 heteroatoms. The summed E-state index contributed by atoms with van der Waals surface area (Å²) in [5.41, 5.74) is 0. The van der Waals surface area contributed by atoms with Crippen molar-refractivity contribution in [3.8, 4) is 0 Å². The van der Waals surface area contributed by atoms with Crippen LogP contribution in [0.1, 0.15) is 243 Å². The van der Waals surface area contributed by atoms with E-state index in [9.17, 15) is 52.7 Å². The van der Waals surface area contributed by atoms with Crippen molar-refractivity contribution in [1.82, 2.24) is 29.4 Å². The molecule has 15 aliphatic rings. The smallest absolute Gasteiger partial charge is 0.219 e. The number of carbonyl (C=O) groups is 11. The fourth-order valence-corrected chi connectivity index (χ4v) is 24.2. The Bertz CT molecular complexity index is 3320. The van der Waals surface area contributed by atoms with Gasteiger partial charge in [-0.1, -0.05) is 149 Å². The Balaban J connectivity index is 0.000000144. The molecule has 20 atom stereocenters. The van der Waals surface area contributed by atoms with E-state index in [1.54, 1.807) is 6.92 Å². The molecule has 0 radical (unpaired) electrons. The van der Waals surface area contributed by atoms with E-state index in [4.69, 9.17) is 0 Å². The number of piperazine rings is 1. The molecule has 15 rings (SSSR count). The maximum atomic E-state index is 12.9. The van der Waals surface area contributed by atoms with Crippen molar-refractivity contribution < 1.29 is 52.7 Å². The maximum absolute atomic E-state index is 12.9. The molecule has 10 fully saturated rings. The first-order chi connectivity index (χ1) is 56.2. The van der Waals surface area contributed by atoms with Gasteiger partial charge in [-0.05, 0) is 260 Å². The molecule has 5 heterocycles. The van der Waals surface area contributed by atoms with Gasteiger partial charge in [0, 0.05) is 154 Å². The van der Waals surface area contributed by atoms with Crippen LogP contribution in [0.2, 0.25) is 0 Å². The predicted octanol–water partition coefficient (Wildman–Crippen LogP) is 15.7. The Morgan fingerprint density at radius 3 is 0.564 bits per heavy atom. The van der Waals surface area contributed by atoms with Gasteiger partial charge in [0.25, 0.3) is 0 Å². The van der Waals surface area contributed by atoms with E-state index in [0.717, 1.165) is 123 Å². The quantitative estimate of drug-likeness (QED) is 0.0541. The molecule has 0 aromatic carbocycles. The number of Topliss-reactive ketones (excluding diaryl/α,β-unsaturated/α-hetero) is 10. The number of nitrogens with zero attached hydrogens (tertiary/aromatic N) is 6. The van der Waals surface area contributed by atoms with Crippen LogP contribution in [0.25, 0.3) is 0 Å². The number of fused-ring (bicyclic) bond motifs is 10. The van der Waals surface area contributed by atoms with E-state index in [2.05, 4.69) is 85.3 Å². The monoisotopic (exact) mass is 1620 g/mol. The van der Waals surface area contributed by atoms with E-state index >= 15 is 0 Å². The highest BCUT2D eigenvalue weighted by molar-refractivity contribution is 5.96. The van der Waals surface area contributed by atoms with Crippen LogP contribution in [0.4, 0.5) is 0 Å². The van der Waals surface area contributed by atoms with Gasteiger partial charge in [-0.3, -0.25) is 57.6 Å². The standard InChI is InChI=1S/C21H32N2O3.3C20H31NO2.C19H29NO2/c1-14(2)21(26)20-17-7-6-16(13-17)19(20)18(25)5-4-8-22-9-11-23(12-10-22)15(3)24;3*1-14(2)20(23)19-16-9-8-15(13-16)18(19)17(22)7-6-12-21-10-4-3-5-11-21;1-13(2)19(22)18-15-8-7-14(12-15)17(18)16(21)6-5-11-20-9-3-4-10-20/h6-7,14,16-17,19-20H,4-5,8-13H2,1-3H3;3*8-9,14-16,18-19H,3-7,10-13H2,1-2H3;7-8,13-15,17-18H,3-6,9-12H2,1-2H3. The van der Waals surface area contributed by atoms with Crippen molar-refractivity contribution in [1.29, 1.82) is 0 Å². The third kappa shape index (κ3) is 23.7. The van der Waals surface area contributed by atoms with Gasteiger partial charge in [0.15, 0.2) is 0 Å². The number of hydrogen-bond acceptors (Lipinski definition) is 16. The first-order valence-electron chi connectivity index (χ1n) is 47.8. The summed E-state index contributed by atoms with van der Waals surface area (Å²) < 4.78 is 0. The van der Waals surface area contributed by atoms with Crippen molar-refractivity contribution in [2.24, 2.45) is 148 Å². The van der Waals surface area contributed by atoms with E-state index in [-0.39, 0.29) is 118 Å². The number of amides is 1. The molecule has 1 amide bonds. The van der Waals surface area contributed by atoms with Crippen LogP contribution in [-0.2, 0) is 52.7 Å². The van der Waals surface area contributed by atoms with Crippen molar-refractivity contribution in [3.05, 3.63) is 60.8 Å². The fraction of sp³-hybridized carbons (Fsp3) is 0.790. The van der Waals surface area contributed by atoms with E-state index in [1.807, 2.05) is 74.1 Å². The minimum atomic E-state index is -0.0885. The minimum absolute atomic E-state index is 0.000576. The molecular formula is C100H154N6O11. The average molecular weight is 1620 g/mol. The van der Waals surface area contributed by atoms with Gasteiger partial charge in [0.05, 0.1) is 0 Å². The van der Waals surface area contributed by atoms with Crippen LogP contribution >= 0.6 is 0 Å².